The van der Waals surface area contributed by atoms with E-state index in [0.717, 1.165) is 48.1 Å². The van der Waals surface area contributed by atoms with Crippen molar-refractivity contribution in [3.8, 4) is 5.69 Å². The summed E-state index contributed by atoms with van der Waals surface area (Å²) in [6, 6.07) is 37.6. The van der Waals surface area contributed by atoms with E-state index in [0.29, 0.717) is 0 Å². The lowest BCUT2D eigenvalue weighted by atomic mass is 9.97. The highest BCUT2D eigenvalue weighted by molar-refractivity contribution is 6.22. The molecule has 0 aliphatic heterocycles. The number of nitrogens with zero attached hydrogens (tertiary/aromatic N) is 2. The van der Waals surface area contributed by atoms with Crippen LogP contribution in [0.5, 0.6) is 0 Å². The van der Waals surface area contributed by atoms with Gasteiger partial charge in [-0.15, -0.1) is 0 Å². The Balaban J connectivity index is 1.18. The second-order valence-electron chi connectivity index (χ2n) is 12.8. The standard InChI is InChI=1S/C42H29N3O/c1-5-13-35-27(9-1)28-10-2-6-14-36(28)44(35)25-17-19-33-31(23-25)41-34(43-33)20-22-40-42(41)32-24-26(18-21-39(32)46-40)45-37-15-7-3-11-29(37)30-12-4-8-16-38(30)45/h1-5,7-13,15-17,19-20,22-24,43H,6,14,18,21H2. The molecule has 4 heteroatoms. The van der Waals surface area contributed by atoms with Crippen LogP contribution >= 0.6 is 0 Å². The fraction of sp³-hybridized carbons (Fsp3) is 0.0952. The van der Waals surface area contributed by atoms with Gasteiger partial charge in [0, 0.05) is 78.0 Å². The van der Waals surface area contributed by atoms with Crippen LogP contribution in [0.25, 0.3) is 89.0 Å². The van der Waals surface area contributed by atoms with Crippen LogP contribution < -0.4 is 0 Å². The number of aromatic amines is 1. The average molecular weight is 592 g/mol. The molecule has 11 rings (SSSR count). The minimum Gasteiger partial charge on any atom is -0.460 e. The molecular formula is C42H29N3O. The molecule has 0 saturated carbocycles. The molecule has 9 aromatic rings. The summed E-state index contributed by atoms with van der Waals surface area (Å²) in [5.41, 5.74) is 13.5. The molecule has 4 nitrogen and oxygen atoms in total. The van der Waals surface area contributed by atoms with Gasteiger partial charge >= 0.3 is 0 Å². The molecule has 0 radical (unpaired) electrons. The van der Waals surface area contributed by atoms with Crippen molar-refractivity contribution in [3.05, 3.63) is 132 Å². The van der Waals surface area contributed by atoms with Crippen LogP contribution in [0.4, 0.5) is 0 Å². The van der Waals surface area contributed by atoms with Gasteiger partial charge in [0.25, 0.3) is 0 Å². The zero-order valence-corrected chi connectivity index (χ0v) is 25.2. The van der Waals surface area contributed by atoms with E-state index in [9.17, 15) is 0 Å². The molecule has 4 heterocycles. The molecule has 1 N–H and O–H groups in total. The van der Waals surface area contributed by atoms with Crippen molar-refractivity contribution >= 4 is 83.3 Å². The number of H-pyrrole nitrogens is 1. The zero-order valence-electron chi connectivity index (χ0n) is 25.2. The average Bonchev–Trinajstić information content (AvgIpc) is 3.85. The van der Waals surface area contributed by atoms with Gasteiger partial charge in [-0.3, -0.25) is 0 Å². The minimum atomic E-state index is 0.876. The number of hydrogen-bond acceptors (Lipinski definition) is 1. The lowest BCUT2D eigenvalue weighted by molar-refractivity contribution is 0.546. The number of nitrogens with one attached hydrogen (secondary N) is 1. The molecule has 2 aliphatic rings. The second-order valence-corrected chi connectivity index (χ2v) is 12.8. The van der Waals surface area contributed by atoms with E-state index >= 15 is 0 Å². The Morgan fingerprint density at radius 3 is 2.11 bits per heavy atom. The summed E-state index contributed by atoms with van der Waals surface area (Å²) >= 11 is 0. The summed E-state index contributed by atoms with van der Waals surface area (Å²) in [6.07, 6.45) is 10.9. The molecule has 4 aromatic heterocycles. The van der Waals surface area contributed by atoms with Gasteiger partial charge in [-0.25, -0.2) is 0 Å². The molecule has 0 fully saturated rings. The van der Waals surface area contributed by atoms with Crippen LogP contribution in [0.1, 0.15) is 35.4 Å². The van der Waals surface area contributed by atoms with Crippen molar-refractivity contribution in [3.63, 3.8) is 0 Å². The molecule has 0 unspecified atom stereocenters. The van der Waals surface area contributed by atoms with Crippen LogP contribution in [0.15, 0.2) is 114 Å². The number of rotatable bonds is 2. The number of hydrogen-bond donors (Lipinski definition) is 1. The Hall–Kier alpha value is -5.74. The van der Waals surface area contributed by atoms with Crippen molar-refractivity contribution in [2.24, 2.45) is 0 Å². The molecule has 46 heavy (non-hydrogen) atoms. The Morgan fingerprint density at radius 1 is 0.587 bits per heavy atom. The first-order chi connectivity index (χ1) is 22.8. The van der Waals surface area contributed by atoms with Gasteiger partial charge in [0.15, 0.2) is 0 Å². The fourth-order valence-electron chi connectivity index (χ4n) is 8.47. The first-order valence-electron chi connectivity index (χ1n) is 16.3. The lowest BCUT2D eigenvalue weighted by Crippen LogP contribution is -2.03. The Labute approximate surface area is 264 Å². The third kappa shape index (κ3) is 3.18. The van der Waals surface area contributed by atoms with Crippen molar-refractivity contribution < 1.29 is 4.42 Å². The van der Waals surface area contributed by atoms with E-state index in [4.69, 9.17) is 4.42 Å². The maximum Gasteiger partial charge on any atom is 0.135 e. The number of aromatic nitrogens is 3. The predicted molar refractivity (Wildman–Crippen MR) is 192 cm³/mol. The normalized spacial score (nSPS) is 14.7. The minimum absolute atomic E-state index is 0.876. The van der Waals surface area contributed by atoms with Gasteiger partial charge in [-0.1, -0.05) is 66.7 Å². The maximum atomic E-state index is 6.61. The Kier molecular flexibility index (Phi) is 4.76. The topological polar surface area (TPSA) is 38.8 Å². The second kappa shape index (κ2) is 8.92. The zero-order chi connectivity index (χ0) is 29.9. The third-order valence-corrected chi connectivity index (χ3v) is 10.4. The van der Waals surface area contributed by atoms with Gasteiger partial charge in [-0.2, -0.15) is 0 Å². The van der Waals surface area contributed by atoms with Gasteiger partial charge in [-0.05, 0) is 73.9 Å². The molecule has 0 atom stereocenters. The number of benzene rings is 5. The number of furan rings is 1. The van der Waals surface area contributed by atoms with Crippen molar-refractivity contribution in [1.29, 1.82) is 0 Å². The highest BCUT2D eigenvalue weighted by Gasteiger charge is 2.25. The Bertz CT molecular complexity index is 2760. The molecular weight excluding hydrogens is 562 g/mol. The van der Waals surface area contributed by atoms with Gasteiger partial charge in [0.2, 0.25) is 0 Å². The summed E-state index contributed by atoms with van der Waals surface area (Å²) in [4.78, 5) is 3.74. The number of aryl methyl sites for hydroxylation is 1. The molecule has 218 valence electrons. The maximum absolute atomic E-state index is 6.61. The van der Waals surface area contributed by atoms with Gasteiger partial charge in [0.05, 0.1) is 16.6 Å². The molecule has 0 bridgehead atoms. The van der Waals surface area contributed by atoms with E-state index < -0.39 is 0 Å². The lowest BCUT2D eigenvalue weighted by Gasteiger charge is -2.16. The first-order valence-corrected chi connectivity index (χ1v) is 16.3. The predicted octanol–water partition coefficient (Wildman–Crippen LogP) is 11.0. The van der Waals surface area contributed by atoms with Crippen LogP contribution in [-0.4, -0.2) is 14.1 Å². The van der Waals surface area contributed by atoms with E-state index in [2.05, 4.69) is 135 Å². The van der Waals surface area contributed by atoms with Crippen molar-refractivity contribution in [2.75, 3.05) is 0 Å². The summed E-state index contributed by atoms with van der Waals surface area (Å²) in [6.45, 7) is 0. The molecule has 0 spiro atoms. The molecule has 0 saturated heterocycles. The summed E-state index contributed by atoms with van der Waals surface area (Å²) in [7, 11) is 0. The van der Waals surface area contributed by atoms with E-state index in [1.54, 1.807) is 0 Å². The highest BCUT2D eigenvalue weighted by atomic mass is 16.3. The first kappa shape index (κ1) is 24.6. The number of para-hydroxylation sites is 3. The Morgan fingerprint density at radius 2 is 1.30 bits per heavy atom. The summed E-state index contributed by atoms with van der Waals surface area (Å²) in [5, 5.41) is 7.59. The van der Waals surface area contributed by atoms with Crippen molar-refractivity contribution in [1.82, 2.24) is 14.1 Å². The van der Waals surface area contributed by atoms with Gasteiger partial charge in [0.1, 0.15) is 11.3 Å². The molecule has 0 amide bonds. The van der Waals surface area contributed by atoms with E-state index in [1.807, 2.05) is 0 Å². The fourth-order valence-corrected chi connectivity index (χ4v) is 8.47. The molecule has 2 aliphatic carbocycles. The quantitative estimate of drug-likeness (QED) is 0.213. The SMILES string of the molecule is C1=Cc2c(n(-c3ccc4[nH]c5ccc6oc7c(c6c5c4c3)C=C(n3c4ccccc4c4ccccc43)CC7)c3ccccc23)CC1. The van der Waals surface area contributed by atoms with Gasteiger partial charge < -0.3 is 18.5 Å². The highest BCUT2D eigenvalue weighted by Crippen LogP contribution is 2.44. The van der Waals surface area contributed by atoms with Crippen LogP contribution in [0.3, 0.4) is 0 Å². The monoisotopic (exact) mass is 591 g/mol. The number of allylic oxidation sites excluding steroid dienone is 2. The van der Waals surface area contributed by atoms with Crippen LogP contribution in [0, 0.1) is 0 Å². The van der Waals surface area contributed by atoms with E-state index in [-0.39, 0.29) is 0 Å². The van der Waals surface area contributed by atoms with E-state index in [1.165, 1.54) is 77.1 Å². The van der Waals surface area contributed by atoms with Crippen LogP contribution in [0.2, 0.25) is 0 Å². The summed E-state index contributed by atoms with van der Waals surface area (Å²) < 4.78 is 11.6. The third-order valence-electron chi connectivity index (χ3n) is 10.4. The smallest absolute Gasteiger partial charge is 0.135 e. The molecule has 5 aromatic carbocycles. The summed E-state index contributed by atoms with van der Waals surface area (Å²) in [5.74, 6) is 1.08. The number of fused-ring (bicyclic) bond motifs is 13. The largest absolute Gasteiger partial charge is 0.460 e. The van der Waals surface area contributed by atoms with Crippen molar-refractivity contribution in [2.45, 2.75) is 25.7 Å². The van der Waals surface area contributed by atoms with Crippen LogP contribution in [-0.2, 0) is 12.8 Å².